The Balaban J connectivity index is 1.30. The van der Waals surface area contributed by atoms with Crippen LogP contribution < -0.4 is 24.6 Å². The minimum Gasteiger partial charge on any atom is -0.493 e. The van der Waals surface area contributed by atoms with Gasteiger partial charge in [-0.3, -0.25) is 19.2 Å². The van der Waals surface area contributed by atoms with Crippen molar-refractivity contribution < 1.29 is 28.2 Å². The number of thioether (sulfide) groups is 1. The van der Waals surface area contributed by atoms with E-state index < -0.39 is 34.7 Å². The van der Waals surface area contributed by atoms with Crippen molar-refractivity contribution in [2.24, 2.45) is 5.92 Å². The number of rotatable bonds is 7. The molecule has 4 aromatic rings. The summed E-state index contributed by atoms with van der Waals surface area (Å²) in [5.41, 5.74) is 2.52. The first-order valence-corrected chi connectivity index (χ1v) is 14.6. The normalized spacial score (nSPS) is 19.3. The van der Waals surface area contributed by atoms with Crippen LogP contribution in [0.2, 0.25) is 0 Å². The van der Waals surface area contributed by atoms with Crippen LogP contribution in [0.25, 0.3) is 0 Å². The lowest BCUT2D eigenvalue weighted by atomic mass is 9.83. The van der Waals surface area contributed by atoms with Gasteiger partial charge in [-0.05, 0) is 60.5 Å². The van der Waals surface area contributed by atoms with Gasteiger partial charge in [0.15, 0.2) is 18.1 Å². The van der Waals surface area contributed by atoms with E-state index in [9.17, 15) is 23.6 Å². The standard InChI is InChI=1S/C30H24FN3O6S2/c1-15-5-3-4-6-19(15)32-22(35)14-40-20-12-7-16(13-21(20)39-2)23-24-26(41-27-25(23)42-30(38)33-27)29(37)34(28(24)36)18-10-8-17(31)9-11-18/h3-13,23-24,26H,14H2,1-2H3,(H,32,35)(H,33,38)/t23-,24?,26?/m1/s1. The maximum Gasteiger partial charge on any atom is 0.305 e. The number of ether oxygens (including phenoxy) is 2. The van der Waals surface area contributed by atoms with Gasteiger partial charge in [0.2, 0.25) is 11.8 Å². The number of aromatic amines is 1. The fraction of sp³-hybridized carbons (Fsp3) is 0.200. The van der Waals surface area contributed by atoms with E-state index >= 15 is 0 Å². The highest BCUT2D eigenvalue weighted by atomic mass is 32.2. The van der Waals surface area contributed by atoms with Crippen molar-refractivity contribution in [1.82, 2.24) is 4.98 Å². The molecule has 2 N–H and O–H groups in total. The van der Waals surface area contributed by atoms with Gasteiger partial charge < -0.3 is 19.8 Å². The predicted molar refractivity (Wildman–Crippen MR) is 157 cm³/mol. The number of thiazole rings is 1. The topological polar surface area (TPSA) is 118 Å². The van der Waals surface area contributed by atoms with Gasteiger partial charge in [0.1, 0.15) is 11.1 Å². The molecule has 3 aromatic carbocycles. The molecular weight excluding hydrogens is 581 g/mol. The summed E-state index contributed by atoms with van der Waals surface area (Å²) in [4.78, 5) is 56.5. The van der Waals surface area contributed by atoms with Crippen molar-refractivity contribution >= 4 is 52.2 Å². The van der Waals surface area contributed by atoms with Crippen LogP contribution in [0, 0.1) is 18.7 Å². The first-order valence-electron chi connectivity index (χ1n) is 12.9. The van der Waals surface area contributed by atoms with E-state index in [4.69, 9.17) is 9.47 Å². The van der Waals surface area contributed by atoms with Crippen LogP contribution in [0.15, 0.2) is 76.6 Å². The number of carbonyl (C=O) groups is 3. The number of aromatic nitrogens is 1. The maximum absolute atomic E-state index is 13.8. The van der Waals surface area contributed by atoms with Crippen LogP contribution in [-0.2, 0) is 14.4 Å². The van der Waals surface area contributed by atoms with Gasteiger partial charge in [0, 0.05) is 16.5 Å². The van der Waals surface area contributed by atoms with Gasteiger partial charge in [-0.15, -0.1) is 0 Å². The van der Waals surface area contributed by atoms with Gasteiger partial charge in [0.25, 0.3) is 5.91 Å². The van der Waals surface area contributed by atoms with Crippen LogP contribution in [0.5, 0.6) is 11.5 Å². The zero-order valence-electron chi connectivity index (χ0n) is 22.4. The molecule has 0 radical (unpaired) electrons. The number of amides is 3. The number of anilines is 2. The summed E-state index contributed by atoms with van der Waals surface area (Å²) in [7, 11) is 1.46. The fourth-order valence-electron chi connectivity index (χ4n) is 5.26. The molecule has 2 aliphatic rings. The third kappa shape index (κ3) is 4.96. The van der Waals surface area contributed by atoms with E-state index in [1.165, 1.54) is 31.4 Å². The molecule has 0 spiro atoms. The van der Waals surface area contributed by atoms with Crippen molar-refractivity contribution in [1.29, 1.82) is 0 Å². The highest BCUT2D eigenvalue weighted by molar-refractivity contribution is 8.00. The Morgan fingerprint density at radius 1 is 1.02 bits per heavy atom. The zero-order chi connectivity index (χ0) is 29.5. The Kier molecular flexibility index (Phi) is 7.33. The van der Waals surface area contributed by atoms with Gasteiger partial charge in [-0.2, -0.15) is 0 Å². The van der Waals surface area contributed by atoms with E-state index in [0.29, 0.717) is 32.7 Å². The molecule has 3 amide bonds. The highest BCUT2D eigenvalue weighted by Gasteiger charge is 2.56. The van der Waals surface area contributed by atoms with E-state index in [1.54, 1.807) is 24.3 Å². The number of halogens is 1. The number of aryl methyl sites for hydroxylation is 1. The molecule has 214 valence electrons. The summed E-state index contributed by atoms with van der Waals surface area (Å²) in [6.45, 7) is 1.62. The second-order valence-corrected chi connectivity index (χ2v) is 12.0. The molecule has 0 saturated carbocycles. The maximum atomic E-state index is 13.8. The summed E-state index contributed by atoms with van der Waals surface area (Å²) in [6, 6.07) is 17.6. The van der Waals surface area contributed by atoms with E-state index in [1.807, 2.05) is 25.1 Å². The quantitative estimate of drug-likeness (QED) is 0.293. The lowest BCUT2D eigenvalue weighted by Crippen LogP contribution is -2.32. The van der Waals surface area contributed by atoms with Gasteiger partial charge in [-0.1, -0.05) is 47.4 Å². The molecule has 12 heteroatoms. The summed E-state index contributed by atoms with van der Waals surface area (Å²) in [6.07, 6.45) is 0. The van der Waals surface area contributed by atoms with Gasteiger partial charge in [0.05, 0.1) is 23.7 Å². The molecule has 6 rings (SSSR count). The minimum atomic E-state index is -0.817. The predicted octanol–water partition coefficient (Wildman–Crippen LogP) is 4.71. The molecule has 3 heterocycles. The average Bonchev–Trinajstić information content (AvgIpc) is 3.47. The van der Waals surface area contributed by atoms with Crippen LogP contribution >= 0.6 is 23.1 Å². The Bertz CT molecular complexity index is 1770. The average molecular weight is 606 g/mol. The second-order valence-electron chi connectivity index (χ2n) is 9.80. The molecular formula is C30H24FN3O6S2. The van der Waals surface area contributed by atoms with Crippen LogP contribution in [0.1, 0.15) is 21.9 Å². The van der Waals surface area contributed by atoms with Crippen LogP contribution in [0.4, 0.5) is 15.8 Å². The van der Waals surface area contributed by atoms with Crippen LogP contribution in [0.3, 0.4) is 0 Å². The van der Waals surface area contributed by atoms with E-state index in [2.05, 4.69) is 10.3 Å². The largest absolute Gasteiger partial charge is 0.493 e. The third-order valence-corrected chi connectivity index (χ3v) is 9.63. The summed E-state index contributed by atoms with van der Waals surface area (Å²) < 4.78 is 24.9. The first kappa shape index (κ1) is 27.7. The number of hydrogen-bond donors (Lipinski definition) is 2. The number of fused-ring (bicyclic) bond motifs is 2. The number of H-pyrrole nitrogens is 1. The summed E-state index contributed by atoms with van der Waals surface area (Å²) in [5, 5.41) is 2.55. The molecule has 0 aliphatic carbocycles. The zero-order valence-corrected chi connectivity index (χ0v) is 24.0. The van der Waals surface area contributed by atoms with Crippen LogP contribution in [-0.4, -0.2) is 41.7 Å². The second kappa shape index (κ2) is 11.1. The first-order chi connectivity index (χ1) is 20.2. The van der Waals surface area contributed by atoms with E-state index in [0.717, 1.165) is 33.6 Å². The van der Waals surface area contributed by atoms with Crippen molar-refractivity contribution in [3.8, 4) is 11.5 Å². The van der Waals surface area contributed by atoms with Crippen molar-refractivity contribution in [2.45, 2.75) is 23.1 Å². The number of carbonyl (C=O) groups excluding carboxylic acids is 3. The number of hydrogen-bond acceptors (Lipinski definition) is 8. The number of imide groups is 1. The molecule has 1 aromatic heterocycles. The Labute approximate surface area is 247 Å². The molecule has 3 atom stereocenters. The number of nitrogens with one attached hydrogen (secondary N) is 2. The SMILES string of the molecule is COc1cc([C@H]2c3sc(=O)[nH]c3SC3C(=O)N(c4ccc(F)cc4)C(=O)C32)ccc1OCC(=O)Nc1ccccc1C. The lowest BCUT2D eigenvalue weighted by Gasteiger charge is -2.30. The third-order valence-electron chi connectivity index (χ3n) is 7.23. The molecule has 2 aliphatic heterocycles. The molecule has 42 heavy (non-hydrogen) atoms. The number of para-hydroxylation sites is 1. The molecule has 2 unspecified atom stereocenters. The van der Waals surface area contributed by atoms with Crippen molar-refractivity contribution in [3.63, 3.8) is 0 Å². The van der Waals surface area contributed by atoms with Crippen molar-refractivity contribution in [2.75, 3.05) is 23.9 Å². The Morgan fingerprint density at radius 2 is 1.79 bits per heavy atom. The lowest BCUT2D eigenvalue weighted by molar-refractivity contribution is -0.122. The van der Waals surface area contributed by atoms with E-state index in [-0.39, 0.29) is 23.1 Å². The Morgan fingerprint density at radius 3 is 2.52 bits per heavy atom. The molecule has 1 saturated heterocycles. The molecule has 9 nitrogen and oxygen atoms in total. The number of methoxy groups -OCH3 is 1. The number of nitrogens with zero attached hydrogens (tertiary/aromatic N) is 1. The highest BCUT2D eigenvalue weighted by Crippen LogP contribution is 2.53. The van der Waals surface area contributed by atoms with Crippen molar-refractivity contribution in [3.05, 3.63) is 98.2 Å². The molecule has 1 fully saturated rings. The van der Waals surface area contributed by atoms with Gasteiger partial charge in [-0.25, -0.2) is 9.29 Å². The minimum absolute atomic E-state index is 0.266. The number of benzene rings is 3. The Hall–Kier alpha value is -4.42. The monoisotopic (exact) mass is 605 g/mol. The molecule has 0 bridgehead atoms. The summed E-state index contributed by atoms with van der Waals surface area (Å²) >= 11 is 2.14. The van der Waals surface area contributed by atoms with Gasteiger partial charge >= 0.3 is 4.87 Å². The summed E-state index contributed by atoms with van der Waals surface area (Å²) in [5.74, 6) is -2.52. The fourth-order valence-corrected chi connectivity index (χ4v) is 7.78. The smallest absolute Gasteiger partial charge is 0.305 e.